The van der Waals surface area contributed by atoms with E-state index < -0.39 is 11.6 Å². The molecule has 0 saturated carbocycles. The summed E-state index contributed by atoms with van der Waals surface area (Å²) in [7, 11) is 0. The van der Waals surface area contributed by atoms with Gasteiger partial charge in [-0.1, -0.05) is 6.07 Å². The summed E-state index contributed by atoms with van der Waals surface area (Å²) in [5, 5.41) is 8.66. The van der Waals surface area contributed by atoms with Crippen LogP contribution in [0.15, 0.2) is 29.6 Å². The van der Waals surface area contributed by atoms with Gasteiger partial charge in [0, 0.05) is 6.07 Å². The number of hydrogen-bond donors (Lipinski definition) is 1. The molecule has 0 unspecified atom stereocenters. The van der Waals surface area contributed by atoms with Gasteiger partial charge in [-0.15, -0.1) is 11.3 Å². The third-order valence-electron chi connectivity index (χ3n) is 2.73. The summed E-state index contributed by atoms with van der Waals surface area (Å²) in [5.41, 5.74) is 0.553. The SMILES string of the molecule is Cc1cc(-c2n[nH]c(-c3cccs3)n2)c(F)cc1F. The van der Waals surface area contributed by atoms with Crippen molar-refractivity contribution in [1.82, 2.24) is 15.2 Å². The Labute approximate surface area is 111 Å². The first-order valence-electron chi connectivity index (χ1n) is 5.57. The Morgan fingerprint density at radius 3 is 2.79 bits per heavy atom. The number of benzene rings is 1. The van der Waals surface area contributed by atoms with Crippen LogP contribution in [0.5, 0.6) is 0 Å². The molecule has 6 heteroatoms. The fraction of sp³-hybridized carbons (Fsp3) is 0.0769. The fourth-order valence-corrected chi connectivity index (χ4v) is 2.40. The molecule has 0 atom stereocenters. The van der Waals surface area contributed by atoms with E-state index in [1.165, 1.54) is 17.4 Å². The summed E-state index contributed by atoms with van der Waals surface area (Å²) in [6.07, 6.45) is 0. The van der Waals surface area contributed by atoms with Crippen molar-refractivity contribution in [3.05, 3.63) is 46.8 Å². The largest absolute Gasteiger partial charge is 0.258 e. The number of thiophene rings is 1. The van der Waals surface area contributed by atoms with Crippen molar-refractivity contribution in [2.75, 3.05) is 0 Å². The van der Waals surface area contributed by atoms with Crippen LogP contribution in [-0.4, -0.2) is 15.2 Å². The van der Waals surface area contributed by atoms with Crippen LogP contribution in [0.3, 0.4) is 0 Å². The molecule has 0 fully saturated rings. The van der Waals surface area contributed by atoms with Crippen molar-refractivity contribution in [1.29, 1.82) is 0 Å². The number of rotatable bonds is 2. The van der Waals surface area contributed by atoms with Crippen LogP contribution >= 0.6 is 11.3 Å². The zero-order valence-corrected chi connectivity index (χ0v) is 10.8. The van der Waals surface area contributed by atoms with Gasteiger partial charge < -0.3 is 0 Å². The molecule has 0 spiro atoms. The Morgan fingerprint density at radius 1 is 1.21 bits per heavy atom. The molecular formula is C13H9F2N3S. The lowest BCUT2D eigenvalue weighted by atomic mass is 10.1. The zero-order valence-electron chi connectivity index (χ0n) is 9.95. The normalized spacial score (nSPS) is 10.9. The second kappa shape index (κ2) is 4.55. The number of H-pyrrole nitrogens is 1. The lowest BCUT2D eigenvalue weighted by molar-refractivity contribution is 0.579. The van der Waals surface area contributed by atoms with Gasteiger partial charge in [0.1, 0.15) is 11.6 Å². The summed E-state index contributed by atoms with van der Waals surface area (Å²) >= 11 is 1.51. The van der Waals surface area contributed by atoms with Crippen LogP contribution < -0.4 is 0 Å². The van der Waals surface area contributed by atoms with Crippen LogP contribution in [0.4, 0.5) is 8.78 Å². The Bertz CT molecular complexity index is 720. The number of aromatic amines is 1. The van der Waals surface area contributed by atoms with E-state index in [4.69, 9.17) is 0 Å². The van der Waals surface area contributed by atoms with Crippen molar-refractivity contribution in [3.8, 4) is 22.1 Å². The van der Waals surface area contributed by atoms with Gasteiger partial charge in [0.2, 0.25) is 0 Å². The molecule has 0 bridgehead atoms. The van der Waals surface area contributed by atoms with Crippen molar-refractivity contribution >= 4 is 11.3 Å². The second-order valence-electron chi connectivity index (χ2n) is 4.07. The van der Waals surface area contributed by atoms with E-state index in [0.29, 0.717) is 11.4 Å². The smallest absolute Gasteiger partial charge is 0.184 e. The van der Waals surface area contributed by atoms with Crippen molar-refractivity contribution < 1.29 is 8.78 Å². The lowest BCUT2D eigenvalue weighted by Gasteiger charge is -2.01. The van der Waals surface area contributed by atoms with Crippen LogP contribution in [0.25, 0.3) is 22.1 Å². The van der Waals surface area contributed by atoms with Gasteiger partial charge in [-0.05, 0) is 30.0 Å². The number of halogens is 2. The van der Waals surface area contributed by atoms with Gasteiger partial charge >= 0.3 is 0 Å². The first-order chi connectivity index (χ1) is 9.15. The monoisotopic (exact) mass is 277 g/mol. The van der Waals surface area contributed by atoms with Crippen molar-refractivity contribution in [2.45, 2.75) is 6.92 Å². The highest BCUT2D eigenvalue weighted by molar-refractivity contribution is 7.13. The first kappa shape index (κ1) is 12.0. The minimum Gasteiger partial charge on any atom is -0.258 e. The highest BCUT2D eigenvalue weighted by Gasteiger charge is 2.14. The summed E-state index contributed by atoms with van der Waals surface area (Å²) in [6.45, 7) is 1.57. The van der Waals surface area contributed by atoms with E-state index in [0.717, 1.165) is 10.9 Å². The van der Waals surface area contributed by atoms with E-state index in [-0.39, 0.29) is 11.4 Å². The minimum absolute atomic E-state index is 0.193. The summed E-state index contributed by atoms with van der Waals surface area (Å²) in [5.74, 6) is -0.439. The van der Waals surface area contributed by atoms with Crippen LogP contribution in [0, 0.1) is 18.6 Å². The maximum absolute atomic E-state index is 13.7. The number of hydrogen-bond acceptors (Lipinski definition) is 3. The molecular weight excluding hydrogens is 268 g/mol. The molecule has 3 rings (SSSR count). The van der Waals surface area contributed by atoms with Crippen LogP contribution in [0.2, 0.25) is 0 Å². The molecule has 96 valence electrons. The number of aromatic nitrogens is 3. The summed E-state index contributed by atoms with van der Waals surface area (Å²) in [4.78, 5) is 5.15. The fourth-order valence-electron chi connectivity index (χ4n) is 1.73. The second-order valence-corrected chi connectivity index (χ2v) is 5.01. The third-order valence-corrected chi connectivity index (χ3v) is 3.61. The summed E-state index contributed by atoms with van der Waals surface area (Å²) < 4.78 is 27.0. The average molecular weight is 277 g/mol. The van der Waals surface area contributed by atoms with E-state index in [2.05, 4.69) is 15.2 Å². The molecule has 3 aromatic rings. The Balaban J connectivity index is 2.06. The molecule has 0 aliphatic carbocycles. The number of aryl methyl sites for hydroxylation is 1. The van der Waals surface area contributed by atoms with Crippen molar-refractivity contribution in [3.63, 3.8) is 0 Å². The molecule has 0 aliphatic heterocycles. The molecule has 2 heterocycles. The highest BCUT2D eigenvalue weighted by atomic mass is 32.1. The molecule has 1 N–H and O–H groups in total. The molecule has 0 radical (unpaired) electrons. The molecule has 2 aromatic heterocycles. The van der Waals surface area contributed by atoms with E-state index in [9.17, 15) is 8.78 Å². The van der Waals surface area contributed by atoms with E-state index in [1.54, 1.807) is 6.92 Å². The van der Waals surface area contributed by atoms with Gasteiger partial charge in [-0.2, -0.15) is 5.10 Å². The Kier molecular flexibility index (Phi) is 2.87. The predicted octanol–water partition coefficient (Wildman–Crippen LogP) is 3.79. The van der Waals surface area contributed by atoms with E-state index in [1.807, 2.05) is 17.5 Å². The maximum atomic E-state index is 13.7. The van der Waals surface area contributed by atoms with Gasteiger partial charge in [0.05, 0.1) is 10.4 Å². The third kappa shape index (κ3) is 2.15. The molecule has 0 saturated heterocycles. The Morgan fingerprint density at radius 2 is 2.05 bits per heavy atom. The molecule has 1 aromatic carbocycles. The highest BCUT2D eigenvalue weighted by Crippen LogP contribution is 2.26. The quantitative estimate of drug-likeness (QED) is 0.774. The van der Waals surface area contributed by atoms with Gasteiger partial charge in [-0.25, -0.2) is 13.8 Å². The topological polar surface area (TPSA) is 41.6 Å². The molecule has 0 amide bonds. The maximum Gasteiger partial charge on any atom is 0.184 e. The summed E-state index contributed by atoms with van der Waals surface area (Å²) in [6, 6.07) is 6.05. The zero-order chi connectivity index (χ0) is 13.4. The van der Waals surface area contributed by atoms with Crippen molar-refractivity contribution in [2.24, 2.45) is 0 Å². The Hall–Kier alpha value is -2.08. The minimum atomic E-state index is -0.667. The van der Waals surface area contributed by atoms with Gasteiger partial charge in [-0.3, -0.25) is 5.10 Å². The average Bonchev–Trinajstić information content (AvgIpc) is 3.03. The predicted molar refractivity (Wildman–Crippen MR) is 69.8 cm³/mol. The molecule has 3 nitrogen and oxygen atoms in total. The number of nitrogens with one attached hydrogen (secondary N) is 1. The van der Waals surface area contributed by atoms with E-state index >= 15 is 0 Å². The van der Waals surface area contributed by atoms with Gasteiger partial charge in [0.15, 0.2) is 11.6 Å². The van der Waals surface area contributed by atoms with Crippen LogP contribution in [-0.2, 0) is 0 Å². The van der Waals surface area contributed by atoms with Crippen LogP contribution in [0.1, 0.15) is 5.56 Å². The number of nitrogens with zero attached hydrogens (tertiary/aromatic N) is 2. The first-order valence-corrected chi connectivity index (χ1v) is 6.45. The van der Waals surface area contributed by atoms with Gasteiger partial charge in [0.25, 0.3) is 0 Å². The lowest BCUT2D eigenvalue weighted by Crippen LogP contribution is -1.91. The standard InChI is InChI=1S/C13H9F2N3S/c1-7-5-8(10(15)6-9(7)14)12-16-13(18-17-12)11-3-2-4-19-11/h2-6H,1H3,(H,16,17,18). The molecule has 19 heavy (non-hydrogen) atoms. The molecule has 0 aliphatic rings.